The number of β-lactam (4-membered cyclic amide) rings is 1. The molecule has 2 aromatic rings. The molecule has 1 aromatic heterocycles. The molecule has 0 radical (unpaired) electrons. The van der Waals surface area contributed by atoms with Crippen LogP contribution < -0.4 is 15.8 Å². The summed E-state index contributed by atoms with van der Waals surface area (Å²) in [5.74, 6) is -1.72. The van der Waals surface area contributed by atoms with E-state index in [2.05, 4.69) is 15.5 Å². The van der Waals surface area contributed by atoms with Gasteiger partial charge >= 0.3 is 11.9 Å². The summed E-state index contributed by atoms with van der Waals surface area (Å²) in [6, 6.07) is 6.00. The van der Waals surface area contributed by atoms with Crippen LogP contribution >= 0.6 is 34.7 Å². The van der Waals surface area contributed by atoms with Gasteiger partial charge in [-0.3, -0.25) is 14.5 Å². The molecule has 4 rings (SSSR count). The van der Waals surface area contributed by atoms with Crippen LogP contribution in [0, 0.1) is 0 Å². The molecular formula is C29H34ClN5O8S2. The van der Waals surface area contributed by atoms with E-state index in [1.54, 1.807) is 52.1 Å². The number of rotatable bonds is 11. The van der Waals surface area contributed by atoms with Crippen molar-refractivity contribution >= 4 is 69.3 Å². The molecule has 3 N–H and O–H groups in total. The fourth-order valence-corrected chi connectivity index (χ4v) is 6.35. The van der Waals surface area contributed by atoms with Gasteiger partial charge in [-0.2, -0.15) is 0 Å². The Morgan fingerprint density at radius 1 is 1.18 bits per heavy atom. The monoisotopic (exact) mass is 679 g/mol. The SMILES string of the molecule is COc1ccc(COC(=O)C2=C(CCl)CS[C@@H]3C(NC(=O)/C(=N\OC(C)(C)C(=O)OC(C)(C)C)c4csc(N)n4)C(=O)N23)cc1. The summed E-state index contributed by atoms with van der Waals surface area (Å²) in [7, 11) is 1.55. The second-order valence-corrected chi connectivity index (χ2v) is 13.7. The van der Waals surface area contributed by atoms with Crippen molar-refractivity contribution in [1.82, 2.24) is 15.2 Å². The number of thioether (sulfide) groups is 1. The number of hydrogen-bond donors (Lipinski definition) is 2. The van der Waals surface area contributed by atoms with Crippen LogP contribution in [-0.4, -0.2) is 80.7 Å². The number of carbonyl (C=O) groups is 4. The lowest BCUT2D eigenvalue weighted by molar-refractivity contribution is -0.179. The zero-order valence-corrected chi connectivity index (χ0v) is 27.9. The standard InChI is InChI=1S/C29H34ClN5O8S2/c1-28(2,3)42-26(39)29(4,5)43-34-19(18-14-45-27(31)32-18)22(36)33-20-23(37)35-21(16(11-30)13-44-24(20)35)25(38)41-12-15-7-9-17(40-6)10-8-15/h7-10,14,20,24H,11-13H2,1-6H3,(H2,31,32)(H,33,36)/b34-19-/t20?,24-/m1/s1. The molecule has 0 saturated carbocycles. The van der Waals surface area contributed by atoms with Crippen LogP contribution in [-0.2, 0) is 40.1 Å². The zero-order chi connectivity index (χ0) is 33.1. The van der Waals surface area contributed by atoms with Gasteiger partial charge in [-0.05, 0) is 57.9 Å². The molecule has 0 spiro atoms. The minimum Gasteiger partial charge on any atom is -0.497 e. The highest BCUT2D eigenvalue weighted by Gasteiger charge is 2.54. The Morgan fingerprint density at radius 2 is 1.87 bits per heavy atom. The lowest BCUT2D eigenvalue weighted by Crippen LogP contribution is -2.71. The molecule has 0 aliphatic carbocycles. The second kappa shape index (κ2) is 13.7. The number of halogens is 1. The third-order valence-electron chi connectivity index (χ3n) is 6.45. The number of hydrogen-bond acceptors (Lipinski definition) is 13. The second-order valence-electron chi connectivity index (χ2n) is 11.5. The normalized spacial score (nSPS) is 18.5. The maximum absolute atomic E-state index is 13.5. The number of benzene rings is 1. The van der Waals surface area contributed by atoms with E-state index in [9.17, 15) is 19.2 Å². The van der Waals surface area contributed by atoms with Crippen LogP contribution in [0.2, 0.25) is 0 Å². The van der Waals surface area contributed by atoms with Crippen LogP contribution in [0.25, 0.3) is 0 Å². The van der Waals surface area contributed by atoms with Crippen LogP contribution in [0.1, 0.15) is 45.9 Å². The molecule has 0 bridgehead atoms. The maximum atomic E-state index is 13.5. The fourth-order valence-electron chi connectivity index (χ4n) is 4.12. The Kier molecular flexibility index (Phi) is 10.3. The third kappa shape index (κ3) is 7.89. The van der Waals surface area contributed by atoms with E-state index >= 15 is 0 Å². The summed E-state index contributed by atoms with van der Waals surface area (Å²) in [4.78, 5) is 63.7. The topological polar surface area (TPSA) is 172 Å². The van der Waals surface area contributed by atoms with Crippen LogP contribution in [0.3, 0.4) is 0 Å². The summed E-state index contributed by atoms with van der Waals surface area (Å²) < 4.78 is 16.1. The van der Waals surface area contributed by atoms with Crippen molar-refractivity contribution in [1.29, 1.82) is 0 Å². The molecule has 2 aliphatic rings. The van der Waals surface area contributed by atoms with E-state index in [1.807, 2.05) is 0 Å². The number of nitrogen functional groups attached to an aromatic ring is 1. The van der Waals surface area contributed by atoms with Gasteiger partial charge in [-0.15, -0.1) is 34.7 Å². The molecule has 2 amide bonds. The molecule has 3 heterocycles. The minimum atomic E-state index is -1.56. The Hall–Kier alpha value is -3.82. The van der Waals surface area contributed by atoms with Gasteiger partial charge in [-0.25, -0.2) is 14.6 Å². The van der Waals surface area contributed by atoms with Crippen molar-refractivity contribution in [2.45, 2.75) is 63.8 Å². The van der Waals surface area contributed by atoms with Gasteiger partial charge < -0.3 is 30.1 Å². The number of fused-ring (bicyclic) bond motifs is 1. The average molecular weight is 680 g/mol. The lowest BCUT2D eigenvalue weighted by atomic mass is 10.0. The van der Waals surface area contributed by atoms with E-state index in [1.165, 1.54) is 35.9 Å². The van der Waals surface area contributed by atoms with Crippen LogP contribution in [0.15, 0.2) is 46.1 Å². The number of ether oxygens (including phenoxy) is 3. The van der Waals surface area contributed by atoms with Crippen molar-refractivity contribution < 1.29 is 38.2 Å². The number of nitrogens with zero attached hydrogens (tertiary/aromatic N) is 3. The molecule has 2 aliphatic heterocycles. The predicted octanol–water partition coefficient (Wildman–Crippen LogP) is 3.21. The third-order valence-corrected chi connectivity index (χ3v) is 8.79. The quantitative estimate of drug-likeness (QED) is 0.117. The number of amides is 2. The first kappa shape index (κ1) is 34.1. The number of oxime groups is 1. The number of esters is 2. The van der Waals surface area contributed by atoms with Gasteiger partial charge in [0.1, 0.15) is 40.8 Å². The first-order valence-electron chi connectivity index (χ1n) is 13.7. The molecule has 1 aromatic carbocycles. The number of thiazole rings is 1. The highest BCUT2D eigenvalue weighted by molar-refractivity contribution is 8.00. The Bertz CT molecular complexity index is 1530. The zero-order valence-electron chi connectivity index (χ0n) is 25.5. The van der Waals surface area contributed by atoms with Gasteiger partial charge in [0.2, 0.25) is 5.60 Å². The van der Waals surface area contributed by atoms with Crippen molar-refractivity contribution in [2.75, 3.05) is 24.5 Å². The Morgan fingerprint density at radius 3 is 2.44 bits per heavy atom. The summed E-state index contributed by atoms with van der Waals surface area (Å²) >= 11 is 8.54. The number of anilines is 1. The molecule has 2 atom stereocenters. The largest absolute Gasteiger partial charge is 0.497 e. The van der Waals surface area contributed by atoms with Crippen LogP contribution in [0.5, 0.6) is 5.75 Å². The minimum absolute atomic E-state index is 0.0142. The number of nitrogens with two attached hydrogens (primary N) is 1. The highest BCUT2D eigenvalue weighted by Crippen LogP contribution is 2.41. The Balaban J connectivity index is 1.49. The van der Waals surface area contributed by atoms with Gasteiger partial charge in [0.15, 0.2) is 10.8 Å². The van der Waals surface area contributed by atoms with E-state index in [0.717, 1.165) is 16.9 Å². The van der Waals surface area contributed by atoms with Crippen molar-refractivity contribution in [2.24, 2.45) is 5.16 Å². The molecule has 1 fully saturated rings. The summed E-state index contributed by atoms with van der Waals surface area (Å²) in [6.45, 7) is 7.98. The van der Waals surface area contributed by atoms with Gasteiger partial charge in [0, 0.05) is 17.0 Å². The fraction of sp³-hybridized carbons (Fsp3) is 0.448. The van der Waals surface area contributed by atoms with Crippen molar-refractivity contribution in [3.8, 4) is 5.75 Å². The smallest absolute Gasteiger partial charge is 0.355 e. The van der Waals surface area contributed by atoms with E-state index in [-0.39, 0.29) is 34.7 Å². The molecule has 242 valence electrons. The Labute approximate surface area is 273 Å². The number of alkyl halides is 1. The predicted molar refractivity (Wildman–Crippen MR) is 170 cm³/mol. The number of aromatic nitrogens is 1. The summed E-state index contributed by atoms with van der Waals surface area (Å²) in [6.07, 6.45) is 0. The van der Waals surface area contributed by atoms with E-state index in [0.29, 0.717) is 17.1 Å². The van der Waals surface area contributed by atoms with E-state index in [4.69, 9.17) is 36.4 Å². The molecule has 13 nitrogen and oxygen atoms in total. The first-order chi connectivity index (χ1) is 21.1. The average Bonchev–Trinajstić information content (AvgIpc) is 3.42. The van der Waals surface area contributed by atoms with Gasteiger partial charge in [-0.1, -0.05) is 17.3 Å². The van der Waals surface area contributed by atoms with Crippen molar-refractivity contribution in [3.05, 3.63) is 52.2 Å². The first-order valence-corrected chi connectivity index (χ1v) is 16.2. The van der Waals surface area contributed by atoms with Crippen molar-refractivity contribution in [3.63, 3.8) is 0 Å². The molecule has 1 saturated heterocycles. The highest BCUT2D eigenvalue weighted by atomic mass is 35.5. The molecule has 16 heteroatoms. The van der Waals surface area contributed by atoms with E-state index < -0.39 is 46.4 Å². The van der Waals surface area contributed by atoms with Gasteiger partial charge in [0.25, 0.3) is 11.8 Å². The molecule has 45 heavy (non-hydrogen) atoms. The lowest BCUT2D eigenvalue weighted by Gasteiger charge is -2.49. The molecular weight excluding hydrogens is 646 g/mol. The maximum Gasteiger partial charge on any atom is 0.355 e. The van der Waals surface area contributed by atoms with Gasteiger partial charge in [0.05, 0.1) is 7.11 Å². The summed E-state index contributed by atoms with van der Waals surface area (Å²) in [5, 5.41) is 7.67. The number of carbonyl (C=O) groups excluding carboxylic acids is 4. The number of nitrogens with one attached hydrogen (secondary N) is 1. The summed E-state index contributed by atoms with van der Waals surface area (Å²) in [5.41, 5.74) is 4.54. The molecule has 1 unspecified atom stereocenters. The number of methoxy groups -OCH3 is 1. The van der Waals surface area contributed by atoms with Crippen LogP contribution in [0.4, 0.5) is 5.13 Å².